The van der Waals surface area contributed by atoms with E-state index in [4.69, 9.17) is 5.73 Å². The van der Waals surface area contributed by atoms with Crippen LogP contribution in [-0.4, -0.2) is 0 Å². The first-order chi connectivity index (χ1) is 14.0. The number of nitrogens with two attached hydrogens (primary N) is 1. The average Bonchev–Trinajstić information content (AvgIpc) is 2.65. The van der Waals surface area contributed by atoms with Gasteiger partial charge in [0, 0.05) is 6.04 Å². The molecule has 0 amide bonds. The molecule has 2 aromatic rings. The van der Waals surface area contributed by atoms with Gasteiger partial charge in [-0.05, 0) is 87.9 Å². The van der Waals surface area contributed by atoms with Crippen molar-refractivity contribution in [3.8, 4) is 0 Å². The second-order valence-corrected chi connectivity index (χ2v) is 10.4. The summed E-state index contributed by atoms with van der Waals surface area (Å²) in [6.45, 7) is 22.9. The van der Waals surface area contributed by atoms with E-state index in [-0.39, 0.29) is 6.04 Å². The Morgan fingerprint density at radius 1 is 0.600 bits per heavy atom. The van der Waals surface area contributed by atoms with E-state index >= 15 is 0 Å². The van der Waals surface area contributed by atoms with Crippen molar-refractivity contribution in [3.63, 3.8) is 0 Å². The zero-order valence-electron chi connectivity index (χ0n) is 21.2. The van der Waals surface area contributed by atoms with E-state index in [9.17, 15) is 0 Å². The minimum absolute atomic E-state index is 0.0674. The van der Waals surface area contributed by atoms with Crippen molar-refractivity contribution in [3.05, 3.63) is 68.8 Å². The Hall–Kier alpha value is -1.60. The first-order valence-electron chi connectivity index (χ1n) is 12.1. The van der Waals surface area contributed by atoms with E-state index in [1.54, 1.807) is 5.56 Å². The van der Waals surface area contributed by atoms with Gasteiger partial charge in [0.15, 0.2) is 0 Å². The summed E-state index contributed by atoms with van der Waals surface area (Å²) in [6, 6.07) is 9.86. The molecule has 1 heteroatoms. The number of hydrogen-bond acceptors (Lipinski definition) is 1. The molecular weight excluding hydrogens is 362 g/mol. The summed E-state index contributed by atoms with van der Waals surface area (Å²) in [5.41, 5.74) is 18.1. The molecule has 2 N–H and O–H groups in total. The van der Waals surface area contributed by atoms with Crippen molar-refractivity contribution in [2.75, 3.05) is 0 Å². The van der Waals surface area contributed by atoms with Crippen molar-refractivity contribution in [1.82, 2.24) is 0 Å². The van der Waals surface area contributed by atoms with E-state index in [1.807, 2.05) is 0 Å². The molecule has 0 aliphatic carbocycles. The summed E-state index contributed by atoms with van der Waals surface area (Å²) >= 11 is 0. The minimum Gasteiger partial charge on any atom is -0.324 e. The Morgan fingerprint density at radius 3 is 1.20 bits per heavy atom. The highest BCUT2D eigenvalue weighted by Gasteiger charge is 2.20. The highest BCUT2D eigenvalue weighted by atomic mass is 14.6. The lowest BCUT2D eigenvalue weighted by molar-refractivity contribution is 0.725. The van der Waals surface area contributed by atoms with Crippen molar-refractivity contribution in [1.29, 1.82) is 0 Å². The Bertz CT molecular complexity index is 795. The molecule has 0 fully saturated rings. The lowest BCUT2D eigenvalue weighted by Crippen LogP contribution is -2.14. The van der Waals surface area contributed by atoms with E-state index in [0.717, 1.165) is 12.8 Å². The molecule has 1 nitrogen and oxygen atoms in total. The van der Waals surface area contributed by atoms with Crippen LogP contribution in [0.1, 0.15) is 143 Å². The van der Waals surface area contributed by atoms with Gasteiger partial charge in [0.1, 0.15) is 0 Å². The van der Waals surface area contributed by atoms with Gasteiger partial charge in [0.05, 0.1) is 0 Å². The van der Waals surface area contributed by atoms with Crippen LogP contribution >= 0.6 is 0 Å². The lowest BCUT2D eigenvalue weighted by atomic mass is 9.81. The Labute approximate surface area is 186 Å². The summed E-state index contributed by atoms with van der Waals surface area (Å²) in [4.78, 5) is 0. The zero-order valence-corrected chi connectivity index (χ0v) is 21.2. The van der Waals surface area contributed by atoms with Gasteiger partial charge in [-0.1, -0.05) is 86.6 Å². The lowest BCUT2D eigenvalue weighted by Gasteiger charge is -2.25. The third kappa shape index (κ3) is 5.35. The summed E-state index contributed by atoms with van der Waals surface area (Å²) in [6.07, 6.45) is 2.10. The monoisotopic (exact) mass is 407 g/mol. The Morgan fingerprint density at radius 2 is 0.933 bits per heavy atom. The second kappa shape index (κ2) is 10.1. The fourth-order valence-electron chi connectivity index (χ4n) is 4.90. The fraction of sp³-hybridized carbons (Fsp3) is 0.586. The SMILES string of the molecule is CCc1c(C(C)C)cc(Cc2cc(C(C)C)c([C@H](C)N)c(C(C)C)c2)cc1C(C)C. The molecule has 0 spiro atoms. The van der Waals surface area contributed by atoms with E-state index in [2.05, 4.69) is 93.5 Å². The maximum absolute atomic E-state index is 6.43. The fourth-order valence-corrected chi connectivity index (χ4v) is 4.90. The highest BCUT2D eigenvalue weighted by Crippen LogP contribution is 2.35. The molecule has 1 atom stereocenters. The Balaban J connectivity index is 2.64. The van der Waals surface area contributed by atoms with Crippen LogP contribution in [0.25, 0.3) is 0 Å². The predicted molar refractivity (Wildman–Crippen MR) is 134 cm³/mol. The normalized spacial score (nSPS) is 13.2. The smallest absolute Gasteiger partial charge is 0.0271 e. The van der Waals surface area contributed by atoms with Gasteiger partial charge >= 0.3 is 0 Å². The number of hydrogen-bond donors (Lipinski definition) is 1. The molecule has 0 saturated heterocycles. The summed E-state index contributed by atoms with van der Waals surface area (Å²) in [5.74, 6) is 2.05. The molecule has 166 valence electrons. The van der Waals surface area contributed by atoms with Crippen molar-refractivity contribution in [2.45, 2.75) is 112 Å². The number of benzene rings is 2. The van der Waals surface area contributed by atoms with Gasteiger partial charge in [0.2, 0.25) is 0 Å². The van der Waals surface area contributed by atoms with Gasteiger partial charge in [-0.15, -0.1) is 0 Å². The first kappa shape index (κ1) is 24.7. The first-order valence-corrected chi connectivity index (χ1v) is 12.1. The molecule has 0 unspecified atom stereocenters. The van der Waals surface area contributed by atoms with Gasteiger partial charge in [0.25, 0.3) is 0 Å². The minimum atomic E-state index is 0.0674. The van der Waals surface area contributed by atoms with Gasteiger partial charge in [-0.3, -0.25) is 0 Å². The van der Waals surface area contributed by atoms with Crippen molar-refractivity contribution < 1.29 is 0 Å². The zero-order chi connectivity index (χ0) is 22.7. The summed E-state index contributed by atoms with van der Waals surface area (Å²) in [5, 5.41) is 0. The van der Waals surface area contributed by atoms with Crippen LogP contribution in [0.5, 0.6) is 0 Å². The molecule has 0 saturated carbocycles. The van der Waals surface area contributed by atoms with Crippen LogP contribution in [-0.2, 0) is 12.8 Å². The molecular formula is C29H45N. The summed E-state index contributed by atoms with van der Waals surface area (Å²) in [7, 11) is 0. The predicted octanol–water partition coefficient (Wildman–Crippen LogP) is 8.35. The van der Waals surface area contributed by atoms with Crippen LogP contribution in [0, 0.1) is 0 Å². The molecule has 0 aromatic heterocycles. The van der Waals surface area contributed by atoms with E-state index in [1.165, 1.54) is 38.9 Å². The quantitative estimate of drug-likeness (QED) is 0.467. The van der Waals surface area contributed by atoms with Crippen LogP contribution in [0.3, 0.4) is 0 Å². The molecule has 0 radical (unpaired) electrons. The highest BCUT2D eigenvalue weighted by molar-refractivity contribution is 5.48. The molecule has 0 aliphatic heterocycles. The maximum atomic E-state index is 6.43. The molecule has 30 heavy (non-hydrogen) atoms. The number of rotatable bonds is 8. The summed E-state index contributed by atoms with van der Waals surface area (Å²) < 4.78 is 0. The van der Waals surface area contributed by atoms with Crippen molar-refractivity contribution >= 4 is 0 Å². The topological polar surface area (TPSA) is 26.0 Å². The van der Waals surface area contributed by atoms with Crippen molar-refractivity contribution in [2.24, 2.45) is 5.73 Å². The van der Waals surface area contributed by atoms with E-state index in [0.29, 0.717) is 23.7 Å². The molecule has 0 heterocycles. The average molecular weight is 408 g/mol. The maximum Gasteiger partial charge on any atom is 0.0271 e. The second-order valence-electron chi connectivity index (χ2n) is 10.4. The van der Waals surface area contributed by atoms with E-state index < -0.39 is 0 Å². The standard InChI is InChI=1S/C29H45N/c1-11-24-25(17(2)3)13-22(14-26(24)18(4)5)12-23-15-27(19(6)7)29(21(10)30)28(16-23)20(8)9/h13-21H,11-12,30H2,1-10H3/t21-/m0/s1. The third-order valence-corrected chi connectivity index (χ3v) is 6.39. The molecule has 0 aliphatic rings. The van der Waals surface area contributed by atoms with Gasteiger partial charge < -0.3 is 5.73 Å². The van der Waals surface area contributed by atoms with Gasteiger partial charge in [-0.2, -0.15) is 0 Å². The molecule has 0 bridgehead atoms. The van der Waals surface area contributed by atoms with Crippen LogP contribution in [0.2, 0.25) is 0 Å². The largest absolute Gasteiger partial charge is 0.324 e. The van der Waals surface area contributed by atoms with Crippen LogP contribution in [0.15, 0.2) is 24.3 Å². The van der Waals surface area contributed by atoms with Gasteiger partial charge in [-0.25, -0.2) is 0 Å². The third-order valence-electron chi connectivity index (χ3n) is 6.39. The molecule has 2 aromatic carbocycles. The van der Waals surface area contributed by atoms with Crippen LogP contribution in [0.4, 0.5) is 0 Å². The Kier molecular flexibility index (Phi) is 8.34. The molecule has 2 rings (SSSR count). The van der Waals surface area contributed by atoms with Crippen LogP contribution < -0.4 is 5.73 Å².